The Balaban J connectivity index is 2.13. The summed E-state index contributed by atoms with van der Waals surface area (Å²) < 4.78 is 1.64. The zero-order chi connectivity index (χ0) is 13.4. The van der Waals surface area contributed by atoms with Gasteiger partial charge >= 0.3 is 5.97 Å². The van der Waals surface area contributed by atoms with Crippen LogP contribution in [-0.2, 0) is 0 Å². The summed E-state index contributed by atoms with van der Waals surface area (Å²) in [6.07, 6.45) is 3.58. The third-order valence-corrected chi connectivity index (χ3v) is 3.44. The zero-order valence-electron chi connectivity index (χ0n) is 10.8. The molecule has 1 N–H and O–H groups in total. The summed E-state index contributed by atoms with van der Waals surface area (Å²) in [6, 6.07) is 3.49. The normalized spacial score (nSPS) is 15.9. The number of carboxylic acid groups (broad SMARTS) is 1. The highest BCUT2D eigenvalue weighted by Gasteiger charge is 2.18. The van der Waals surface area contributed by atoms with Crippen molar-refractivity contribution < 1.29 is 9.90 Å². The SMILES string of the molecule is Cc1cc(N2CCCCC2)n2nc(C(=O)O)cc2n1. The van der Waals surface area contributed by atoms with Crippen LogP contribution in [0, 0.1) is 6.92 Å². The van der Waals surface area contributed by atoms with E-state index in [9.17, 15) is 4.79 Å². The highest BCUT2D eigenvalue weighted by atomic mass is 16.4. The van der Waals surface area contributed by atoms with Gasteiger partial charge in [-0.15, -0.1) is 0 Å². The number of nitrogens with zero attached hydrogens (tertiary/aromatic N) is 4. The molecule has 0 unspecified atom stereocenters. The molecule has 1 aliphatic rings. The molecule has 0 bridgehead atoms. The number of carbonyl (C=O) groups is 1. The molecule has 1 saturated heterocycles. The van der Waals surface area contributed by atoms with Crippen LogP contribution in [0.25, 0.3) is 5.65 Å². The van der Waals surface area contributed by atoms with E-state index in [1.165, 1.54) is 12.5 Å². The number of aromatic nitrogens is 3. The molecular formula is C13H16N4O2. The monoisotopic (exact) mass is 260 g/mol. The molecule has 1 aliphatic heterocycles. The van der Waals surface area contributed by atoms with Gasteiger partial charge in [0.1, 0.15) is 5.82 Å². The maximum atomic E-state index is 11.0. The van der Waals surface area contributed by atoms with Crippen molar-refractivity contribution in [2.24, 2.45) is 0 Å². The van der Waals surface area contributed by atoms with Crippen molar-refractivity contribution in [3.8, 4) is 0 Å². The first kappa shape index (κ1) is 12.0. The van der Waals surface area contributed by atoms with Crippen LogP contribution in [0.5, 0.6) is 0 Å². The average molecular weight is 260 g/mol. The first-order valence-electron chi connectivity index (χ1n) is 6.51. The van der Waals surface area contributed by atoms with Crippen molar-refractivity contribution in [2.75, 3.05) is 18.0 Å². The fraction of sp³-hybridized carbons (Fsp3) is 0.462. The van der Waals surface area contributed by atoms with E-state index < -0.39 is 5.97 Å². The molecule has 0 aromatic carbocycles. The molecule has 0 amide bonds. The third-order valence-electron chi connectivity index (χ3n) is 3.44. The first-order valence-corrected chi connectivity index (χ1v) is 6.51. The summed E-state index contributed by atoms with van der Waals surface area (Å²) in [4.78, 5) is 17.6. The van der Waals surface area contributed by atoms with Crippen LogP contribution in [0.2, 0.25) is 0 Å². The Kier molecular flexibility index (Phi) is 2.85. The average Bonchev–Trinajstić information content (AvgIpc) is 2.82. The summed E-state index contributed by atoms with van der Waals surface area (Å²) in [6.45, 7) is 3.89. The van der Waals surface area contributed by atoms with Gasteiger partial charge in [0.25, 0.3) is 0 Å². The molecule has 0 saturated carbocycles. The smallest absolute Gasteiger partial charge is 0.356 e. The molecule has 1 fully saturated rings. The van der Waals surface area contributed by atoms with E-state index in [1.54, 1.807) is 4.52 Å². The van der Waals surface area contributed by atoms with Crippen molar-refractivity contribution >= 4 is 17.4 Å². The minimum atomic E-state index is -1.02. The van der Waals surface area contributed by atoms with Crippen LogP contribution in [-0.4, -0.2) is 38.8 Å². The van der Waals surface area contributed by atoms with Crippen LogP contribution in [0.1, 0.15) is 35.4 Å². The van der Waals surface area contributed by atoms with Crippen LogP contribution >= 0.6 is 0 Å². The summed E-state index contributed by atoms with van der Waals surface area (Å²) >= 11 is 0. The number of carboxylic acids is 1. The number of rotatable bonds is 2. The molecule has 0 radical (unpaired) electrons. The van der Waals surface area contributed by atoms with Gasteiger partial charge in [-0.3, -0.25) is 0 Å². The van der Waals surface area contributed by atoms with Crippen LogP contribution < -0.4 is 4.90 Å². The minimum absolute atomic E-state index is 0.0383. The second-order valence-corrected chi connectivity index (χ2v) is 4.91. The van der Waals surface area contributed by atoms with Crippen molar-refractivity contribution in [2.45, 2.75) is 26.2 Å². The van der Waals surface area contributed by atoms with Crippen LogP contribution in [0.3, 0.4) is 0 Å². The topological polar surface area (TPSA) is 70.7 Å². The zero-order valence-corrected chi connectivity index (χ0v) is 10.8. The van der Waals surface area contributed by atoms with Gasteiger partial charge in [-0.2, -0.15) is 9.61 Å². The van der Waals surface area contributed by atoms with Crippen molar-refractivity contribution in [1.29, 1.82) is 0 Å². The number of hydrogen-bond donors (Lipinski definition) is 1. The molecular weight excluding hydrogens is 244 g/mol. The summed E-state index contributed by atoms with van der Waals surface area (Å²) in [7, 11) is 0. The Morgan fingerprint density at radius 3 is 2.68 bits per heavy atom. The van der Waals surface area contributed by atoms with Crippen molar-refractivity contribution in [3.63, 3.8) is 0 Å². The standard InChI is InChI=1S/C13H16N4O2/c1-9-7-12(16-5-3-2-4-6-16)17-11(14-9)8-10(15-17)13(18)19/h7-8H,2-6H2,1H3,(H,18,19). The largest absolute Gasteiger partial charge is 0.476 e. The second-order valence-electron chi connectivity index (χ2n) is 4.91. The van der Waals surface area contributed by atoms with E-state index in [0.29, 0.717) is 5.65 Å². The Labute approximate surface area is 110 Å². The number of hydrogen-bond acceptors (Lipinski definition) is 4. The third kappa shape index (κ3) is 2.14. The summed E-state index contributed by atoms with van der Waals surface area (Å²) in [5.74, 6) is -0.0811. The molecule has 19 heavy (non-hydrogen) atoms. The molecule has 6 heteroatoms. The summed E-state index contributed by atoms with van der Waals surface area (Å²) in [5, 5.41) is 13.2. The highest BCUT2D eigenvalue weighted by Crippen LogP contribution is 2.22. The lowest BCUT2D eigenvalue weighted by molar-refractivity contribution is 0.0690. The number of anilines is 1. The molecule has 2 aromatic rings. The molecule has 0 spiro atoms. The maximum absolute atomic E-state index is 11.0. The summed E-state index contributed by atoms with van der Waals surface area (Å²) in [5.41, 5.74) is 1.51. The Hall–Kier alpha value is -2.11. The molecule has 2 aromatic heterocycles. The number of aromatic carboxylic acids is 1. The molecule has 3 heterocycles. The number of aryl methyl sites for hydroxylation is 1. The van der Waals surface area contributed by atoms with E-state index in [4.69, 9.17) is 5.11 Å². The van der Waals surface area contributed by atoms with Gasteiger partial charge in [-0.1, -0.05) is 0 Å². The van der Waals surface area contributed by atoms with E-state index in [-0.39, 0.29) is 5.69 Å². The predicted molar refractivity (Wildman–Crippen MR) is 70.7 cm³/mol. The van der Waals surface area contributed by atoms with Crippen LogP contribution in [0.15, 0.2) is 12.1 Å². The van der Waals surface area contributed by atoms with Crippen molar-refractivity contribution in [3.05, 3.63) is 23.5 Å². The fourth-order valence-electron chi connectivity index (χ4n) is 2.53. The first-order chi connectivity index (χ1) is 9.15. The maximum Gasteiger partial charge on any atom is 0.356 e. The fourth-order valence-corrected chi connectivity index (χ4v) is 2.53. The van der Waals surface area contributed by atoms with E-state index >= 15 is 0 Å². The molecule has 0 aliphatic carbocycles. The number of fused-ring (bicyclic) bond motifs is 1. The van der Waals surface area contributed by atoms with Gasteiger partial charge in [-0.25, -0.2) is 9.78 Å². The van der Waals surface area contributed by atoms with Gasteiger partial charge in [0.05, 0.1) is 0 Å². The molecule has 6 nitrogen and oxygen atoms in total. The predicted octanol–water partition coefficient (Wildman–Crippen LogP) is 1.73. The lowest BCUT2D eigenvalue weighted by Gasteiger charge is -2.28. The molecule has 0 atom stereocenters. The molecule has 3 rings (SSSR count). The Morgan fingerprint density at radius 2 is 2.00 bits per heavy atom. The minimum Gasteiger partial charge on any atom is -0.476 e. The Bertz CT molecular complexity index is 629. The van der Waals surface area contributed by atoms with E-state index in [2.05, 4.69) is 15.0 Å². The van der Waals surface area contributed by atoms with Gasteiger partial charge in [-0.05, 0) is 26.2 Å². The van der Waals surface area contributed by atoms with Gasteiger partial charge in [0.2, 0.25) is 0 Å². The quantitative estimate of drug-likeness (QED) is 0.890. The van der Waals surface area contributed by atoms with Gasteiger partial charge in [0.15, 0.2) is 11.3 Å². The van der Waals surface area contributed by atoms with Crippen molar-refractivity contribution in [1.82, 2.24) is 14.6 Å². The number of piperidine rings is 1. The molecule has 100 valence electrons. The lowest BCUT2D eigenvalue weighted by atomic mass is 10.1. The van der Waals surface area contributed by atoms with Gasteiger partial charge < -0.3 is 10.0 Å². The highest BCUT2D eigenvalue weighted by molar-refractivity contribution is 5.86. The van der Waals surface area contributed by atoms with Crippen LogP contribution in [0.4, 0.5) is 5.82 Å². The lowest BCUT2D eigenvalue weighted by Crippen LogP contribution is -2.31. The second kappa shape index (κ2) is 4.53. The Morgan fingerprint density at radius 1 is 1.26 bits per heavy atom. The van der Waals surface area contributed by atoms with Gasteiger partial charge in [0, 0.05) is 30.9 Å². The van der Waals surface area contributed by atoms with E-state index in [0.717, 1.165) is 37.4 Å². The van der Waals surface area contributed by atoms with E-state index in [1.807, 2.05) is 13.0 Å².